The van der Waals surface area contributed by atoms with Gasteiger partial charge >= 0.3 is 0 Å². The van der Waals surface area contributed by atoms with Crippen LogP contribution >= 0.6 is 0 Å². The number of carbonyl (C=O) groups excluding carboxylic acids is 1. The number of pyridine rings is 1. The predicted octanol–water partition coefficient (Wildman–Crippen LogP) is 4.66. The number of amides is 1. The van der Waals surface area contributed by atoms with E-state index in [0.717, 1.165) is 49.2 Å². The van der Waals surface area contributed by atoms with Crippen LogP contribution < -0.4 is 0 Å². The van der Waals surface area contributed by atoms with Crippen LogP contribution in [0.3, 0.4) is 0 Å². The molecule has 4 rings (SSSR count). The third-order valence-corrected chi connectivity index (χ3v) is 5.96. The van der Waals surface area contributed by atoms with Gasteiger partial charge in [0.05, 0.1) is 0 Å². The van der Waals surface area contributed by atoms with E-state index in [1.54, 1.807) is 12.1 Å². The molecule has 1 fully saturated rings. The van der Waals surface area contributed by atoms with Gasteiger partial charge in [0.2, 0.25) is 17.7 Å². The Labute approximate surface area is 187 Å². The van der Waals surface area contributed by atoms with E-state index in [1.165, 1.54) is 12.1 Å². The third kappa shape index (κ3) is 5.58. The zero-order valence-electron chi connectivity index (χ0n) is 18.6. The van der Waals surface area contributed by atoms with Crippen molar-refractivity contribution in [2.45, 2.75) is 57.8 Å². The molecule has 168 valence electrons. The maximum atomic E-state index is 13.1. The average molecular weight is 437 g/mol. The molecule has 3 heterocycles. The Balaban J connectivity index is 1.24. The minimum absolute atomic E-state index is 0.135. The topological polar surface area (TPSA) is 72.1 Å². The van der Waals surface area contributed by atoms with Crippen LogP contribution in [0.5, 0.6) is 0 Å². The number of piperidine rings is 1. The summed E-state index contributed by atoms with van der Waals surface area (Å²) in [6.45, 7) is 5.48. The van der Waals surface area contributed by atoms with Gasteiger partial charge in [-0.1, -0.05) is 32.0 Å². The van der Waals surface area contributed by atoms with Crippen molar-refractivity contribution in [3.8, 4) is 0 Å². The molecule has 0 bridgehead atoms. The number of aromatic nitrogens is 3. The Kier molecular flexibility index (Phi) is 6.93. The minimum Gasteiger partial charge on any atom is -0.425 e. The van der Waals surface area contributed by atoms with Gasteiger partial charge in [-0.15, -0.1) is 10.2 Å². The van der Waals surface area contributed by atoms with Crippen LogP contribution in [0, 0.1) is 5.82 Å². The molecule has 7 heteroatoms. The minimum atomic E-state index is -0.220. The molecular weight excluding hydrogens is 407 g/mol. The van der Waals surface area contributed by atoms with Crippen molar-refractivity contribution in [1.82, 2.24) is 20.1 Å². The first-order valence-electron chi connectivity index (χ1n) is 11.3. The molecule has 0 saturated carbocycles. The average Bonchev–Trinajstić information content (AvgIpc) is 3.29. The lowest BCUT2D eigenvalue weighted by Crippen LogP contribution is -2.38. The van der Waals surface area contributed by atoms with Crippen LogP contribution in [0.2, 0.25) is 0 Å². The summed E-state index contributed by atoms with van der Waals surface area (Å²) in [5.74, 6) is 1.61. The van der Waals surface area contributed by atoms with Gasteiger partial charge < -0.3 is 9.32 Å². The van der Waals surface area contributed by atoms with E-state index in [2.05, 4.69) is 27.3 Å². The molecule has 0 N–H and O–H groups in total. The Morgan fingerprint density at radius 2 is 1.81 bits per heavy atom. The van der Waals surface area contributed by atoms with Crippen molar-refractivity contribution >= 4 is 5.91 Å². The summed E-state index contributed by atoms with van der Waals surface area (Å²) < 4.78 is 18.7. The van der Waals surface area contributed by atoms with Crippen molar-refractivity contribution < 1.29 is 13.6 Å². The van der Waals surface area contributed by atoms with Crippen LogP contribution in [-0.4, -0.2) is 39.1 Å². The van der Waals surface area contributed by atoms with Crippen molar-refractivity contribution in [2.24, 2.45) is 0 Å². The first-order valence-corrected chi connectivity index (χ1v) is 11.3. The van der Waals surface area contributed by atoms with E-state index in [1.807, 2.05) is 24.9 Å². The fourth-order valence-corrected chi connectivity index (χ4v) is 4.02. The van der Waals surface area contributed by atoms with Crippen LogP contribution in [0.1, 0.15) is 73.5 Å². The maximum Gasteiger partial charge on any atom is 0.223 e. The zero-order chi connectivity index (χ0) is 22.5. The summed E-state index contributed by atoms with van der Waals surface area (Å²) >= 11 is 0. The molecule has 0 atom stereocenters. The Morgan fingerprint density at radius 1 is 1.09 bits per heavy atom. The highest BCUT2D eigenvalue weighted by Gasteiger charge is 2.25. The Bertz CT molecular complexity index is 1020. The van der Waals surface area contributed by atoms with Gasteiger partial charge in [-0.2, -0.15) is 0 Å². The number of hydrogen-bond acceptors (Lipinski definition) is 5. The largest absolute Gasteiger partial charge is 0.425 e. The molecule has 1 amide bonds. The lowest BCUT2D eigenvalue weighted by molar-refractivity contribution is -0.132. The number of aryl methyl sites for hydroxylation is 1. The molecule has 3 aromatic rings. The molecule has 0 spiro atoms. The highest BCUT2D eigenvalue weighted by molar-refractivity contribution is 5.76. The first-order chi connectivity index (χ1) is 15.5. The highest BCUT2D eigenvalue weighted by Crippen LogP contribution is 2.27. The van der Waals surface area contributed by atoms with E-state index in [-0.39, 0.29) is 17.6 Å². The first kappa shape index (κ1) is 22.1. The predicted molar refractivity (Wildman–Crippen MR) is 119 cm³/mol. The van der Waals surface area contributed by atoms with E-state index in [0.29, 0.717) is 30.5 Å². The second-order valence-corrected chi connectivity index (χ2v) is 8.74. The second kappa shape index (κ2) is 10.0. The molecular formula is C25H29FN4O2. The fourth-order valence-electron chi connectivity index (χ4n) is 4.02. The molecule has 2 aromatic heterocycles. The van der Waals surface area contributed by atoms with E-state index in [4.69, 9.17) is 4.42 Å². The molecule has 1 aliphatic rings. The van der Waals surface area contributed by atoms with E-state index >= 15 is 0 Å². The number of carbonyl (C=O) groups is 1. The Morgan fingerprint density at radius 3 is 2.44 bits per heavy atom. The molecule has 1 aromatic carbocycles. The Hall–Kier alpha value is -3.09. The zero-order valence-corrected chi connectivity index (χ0v) is 18.6. The van der Waals surface area contributed by atoms with Gasteiger partial charge in [0.15, 0.2) is 0 Å². The summed E-state index contributed by atoms with van der Waals surface area (Å²) in [7, 11) is 0. The number of likely N-dealkylation sites (tertiary alicyclic amines) is 1. The molecule has 6 nitrogen and oxygen atoms in total. The van der Waals surface area contributed by atoms with Crippen LogP contribution in [0.4, 0.5) is 4.39 Å². The van der Waals surface area contributed by atoms with E-state index < -0.39 is 0 Å². The van der Waals surface area contributed by atoms with Crippen molar-refractivity contribution in [2.75, 3.05) is 13.1 Å². The van der Waals surface area contributed by atoms with Gasteiger partial charge in [-0.25, -0.2) is 4.39 Å². The van der Waals surface area contributed by atoms with Crippen molar-refractivity contribution in [1.29, 1.82) is 0 Å². The highest BCUT2D eigenvalue weighted by atomic mass is 19.1. The van der Waals surface area contributed by atoms with Gasteiger partial charge in [-0.3, -0.25) is 9.78 Å². The summed E-state index contributed by atoms with van der Waals surface area (Å²) in [5.41, 5.74) is 3.25. The molecule has 0 unspecified atom stereocenters. The number of hydrogen-bond donors (Lipinski definition) is 0. The molecule has 0 radical (unpaired) electrons. The SMILES string of the molecule is CC(C)c1nnc(CCC(=O)N2CCC(c3ccc(Cc4ccc(F)cc4)cn3)CC2)o1. The number of halogens is 1. The third-order valence-electron chi connectivity index (χ3n) is 5.96. The lowest BCUT2D eigenvalue weighted by atomic mass is 9.92. The van der Waals surface area contributed by atoms with Crippen LogP contribution in [0.15, 0.2) is 47.0 Å². The van der Waals surface area contributed by atoms with Gasteiger partial charge in [0.1, 0.15) is 5.82 Å². The van der Waals surface area contributed by atoms with Gasteiger partial charge in [0.25, 0.3) is 0 Å². The lowest BCUT2D eigenvalue weighted by Gasteiger charge is -2.31. The number of nitrogens with zero attached hydrogens (tertiary/aromatic N) is 4. The molecule has 0 aliphatic carbocycles. The van der Waals surface area contributed by atoms with E-state index in [9.17, 15) is 9.18 Å². The quantitative estimate of drug-likeness (QED) is 0.539. The summed E-state index contributed by atoms with van der Waals surface area (Å²) in [6.07, 6.45) is 5.34. The molecule has 1 saturated heterocycles. The van der Waals surface area contributed by atoms with Crippen molar-refractivity contribution in [3.63, 3.8) is 0 Å². The standard InChI is InChI=1S/C25H29FN4O2/c1-17(2)25-29-28-23(32-25)9-10-24(31)30-13-11-20(12-14-30)22-8-5-19(16-27-22)15-18-3-6-21(26)7-4-18/h3-8,16-17,20H,9-15H2,1-2H3. The van der Waals surface area contributed by atoms with Gasteiger partial charge in [0, 0.05) is 49.7 Å². The smallest absolute Gasteiger partial charge is 0.223 e. The van der Waals surface area contributed by atoms with Gasteiger partial charge in [-0.05, 0) is 48.6 Å². The normalized spacial score (nSPS) is 14.8. The second-order valence-electron chi connectivity index (χ2n) is 8.74. The number of benzene rings is 1. The van der Waals surface area contributed by atoms with Crippen LogP contribution in [-0.2, 0) is 17.6 Å². The van der Waals surface area contributed by atoms with Crippen LogP contribution in [0.25, 0.3) is 0 Å². The van der Waals surface area contributed by atoms with Crippen molar-refractivity contribution in [3.05, 3.63) is 77.0 Å². The molecule has 32 heavy (non-hydrogen) atoms. The summed E-state index contributed by atoms with van der Waals surface area (Å²) in [5, 5.41) is 8.05. The fraction of sp³-hybridized carbons (Fsp3) is 0.440. The summed E-state index contributed by atoms with van der Waals surface area (Å²) in [4.78, 5) is 19.2. The molecule has 1 aliphatic heterocycles. The number of rotatable bonds is 7. The summed E-state index contributed by atoms with van der Waals surface area (Å²) in [6, 6.07) is 10.8. The monoisotopic (exact) mass is 436 g/mol. The maximum absolute atomic E-state index is 13.1.